The smallest absolute Gasteiger partial charge is 0.150 e. The molecule has 2 atom stereocenters. The van der Waals surface area contributed by atoms with E-state index < -0.39 is 12.2 Å². The van der Waals surface area contributed by atoms with Crippen LogP contribution in [0.5, 0.6) is 0 Å². The summed E-state index contributed by atoms with van der Waals surface area (Å²) in [6, 6.07) is 12.2. The Hall–Kier alpha value is -1.97. The Kier molecular flexibility index (Phi) is 2.51. The lowest BCUT2D eigenvalue weighted by Crippen LogP contribution is -2.18. The van der Waals surface area contributed by atoms with Gasteiger partial charge in [-0.1, -0.05) is 36.4 Å². The van der Waals surface area contributed by atoms with Gasteiger partial charge in [-0.3, -0.25) is 4.79 Å². The van der Waals surface area contributed by atoms with Crippen LogP contribution in [0.3, 0.4) is 0 Å². The molecule has 0 heterocycles. The molecule has 0 aromatic heterocycles. The van der Waals surface area contributed by atoms with Gasteiger partial charge in [0.1, 0.15) is 18.5 Å². The van der Waals surface area contributed by atoms with Crippen molar-refractivity contribution in [1.82, 2.24) is 0 Å². The third-order valence-corrected chi connectivity index (χ3v) is 3.42. The summed E-state index contributed by atoms with van der Waals surface area (Å²) in [7, 11) is 0. The molecule has 2 aromatic rings. The van der Waals surface area contributed by atoms with Crippen LogP contribution in [0, 0.1) is 0 Å². The van der Waals surface area contributed by atoms with E-state index in [1.54, 1.807) is 30.3 Å². The molecule has 0 aliphatic heterocycles. The van der Waals surface area contributed by atoms with Crippen LogP contribution in [0.15, 0.2) is 42.5 Å². The first-order chi connectivity index (χ1) is 8.72. The number of fused-ring (bicyclic) bond motifs is 2. The standard InChI is InChI=1S/C15H12O3/c16-8-9-5-6-12-13(7-9)15(18)11-4-2-1-3-10(11)14(12)17/h1-8,14-15,17-18H. The van der Waals surface area contributed by atoms with E-state index in [0.29, 0.717) is 22.3 Å². The minimum absolute atomic E-state index is 0.499. The molecule has 3 nitrogen and oxygen atoms in total. The first kappa shape index (κ1) is 11.1. The highest BCUT2D eigenvalue weighted by molar-refractivity contribution is 5.76. The van der Waals surface area contributed by atoms with Crippen molar-refractivity contribution in [3.05, 3.63) is 70.3 Å². The average Bonchev–Trinajstić information content (AvgIpc) is 2.44. The number of aliphatic hydroxyl groups excluding tert-OH is 2. The zero-order valence-corrected chi connectivity index (χ0v) is 9.58. The summed E-state index contributed by atoms with van der Waals surface area (Å²) in [5.74, 6) is 0. The Labute approximate surface area is 104 Å². The third-order valence-electron chi connectivity index (χ3n) is 3.42. The number of carbonyl (C=O) groups excluding carboxylic acids is 1. The van der Waals surface area contributed by atoms with Crippen LogP contribution < -0.4 is 0 Å². The summed E-state index contributed by atoms with van der Waals surface area (Å²) >= 11 is 0. The molecular weight excluding hydrogens is 228 g/mol. The van der Waals surface area contributed by atoms with E-state index in [-0.39, 0.29) is 0 Å². The van der Waals surface area contributed by atoms with E-state index in [1.165, 1.54) is 0 Å². The van der Waals surface area contributed by atoms with Crippen molar-refractivity contribution < 1.29 is 15.0 Å². The maximum Gasteiger partial charge on any atom is 0.150 e. The van der Waals surface area contributed by atoms with Gasteiger partial charge in [0, 0.05) is 5.56 Å². The SMILES string of the molecule is O=Cc1ccc2c(c1)C(O)c1ccccc1C2O. The van der Waals surface area contributed by atoms with Gasteiger partial charge < -0.3 is 10.2 Å². The minimum Gasteiger partial charge on any atom is -0.384 e. The number of hydrogen-bond acceptors (Lipinski definition) is 3. The van der Waals surface area contributed by atoms with Gasteiger partial charge >= 0.3 is 0 Å². The molecule has 0 saturated carbocycles. The molecule has 3 rings (SSSR count). The number of aldehydes is 1. The highest BCUT2D eigenvalue weighted by Gasteiger charge is 2.29. The molecule has 0 radical (unpaired) electrons. The van der Waals surface area contributed by atoms with Gasteiger partial charge in [0.2, 0.25) is 0 Å². The molecule has 0 fully saturated rings. The predicted octanol–water partition coefficient (Wildman–Crippen LogP) is 1.98. The molecule has 2 aromatic carbocycles. The number of aliphatic hydroxyl groups is 2. The Bertz CT molecular complexity index is 619. The summed E-state index contributed by atoms with van der Waals surface area (Å²) in [6.07, 6.45) is -0.806. The fraction of sp³-hybridized carbons (Fsp3) is 0.133. The minimum atomic E-state index is -0.792. The van der Waals surface area contributed by atoms with E-state index in [9.17, 15) is 15.0 Å². The van der Waals surface area contributed by atoms with Crippen molar-refractivity contribution in [3.8, 4) is 0 Å². The number of carbonyl (C=O) groups is 1. The lowest BCUT2D eigenvalue weighted by Gasteiger charge is -2.28. The van der Waals surface area contributed by atoms with Crippen LogP contribution in [0.1, 0.15) is 44.8 Å². The van der Waals surface area contributed by atoms with Crippen molar-refractivity contribution in [3.63, 3.8) is 0 Å². The molecule has 18 heavy (non-hydrogen) atoms. The quantitative estimate of drug-likeness (QED) is 0.749. The number of benzene rings is 2. The van der Waals surface area contributed by atoms with Gasteiger partial charge in [0.05, 0.1) is 0 Å². The van der Waals surface area contributed by atoms with Crippen molar-refractivity contribution >= 4 is 6.29 Å². The van der Waals surface area contributed by atoms with Crippen molar-refractivity contribution in [2.75, 3.05) is 0 Å². The predicted molar refractivity (Wildman–Crippen MR) is 66.4 cm³/mol. The van der Waals surface area contributed by atoms with E-state index in [1.807, 2.05) is 12.1 Å². The lowest BCUT2D eigenvalue weighted by molar-refractivity contribution is 0.112. The summed E-state index contributed by atoms with van der Waals surface area (Å²) in [6.45, 7) is 0. The van der Waals surface area contributed by atoms with E-state index in [2.05, 4.69) is 0 Å². The van der Waals surface area contributed by atoms with E-state index >= 15 is 0 Å². The average molecular weight is 240 g/mol. The van der Waals surface area contributed by atoms with Gasteiger partial charge in [0.15, 0.2) is 0 Å². The molecule has 2 N–H and O–H groups in total. The van der Waals surface area contributed by atoms with Crippen LogP contribution in [-0.2, 0) is 0 Å². The van der Waals surface area contributed by atoms with Crippen LogP contribution in [0.2, 0.25) is 0 Å². The van der Waals surface area contributed by atoms with Crippen LogP contribution >= 0.6 is 0 Å². The molecular formula is C15H12O3. The summed E-state index contributed by atoms with van der Waals surface area (Å²) in [5, 5.41) is 20.6. The Balaban J connectivity index is 2.23. The largest absolute Gasteiger partial charge is 0.384 e. The molecule has 1 aliphatic rings. The van der Waals surface area contributed by atoms with Crippen LogP contribution in [-0.4, -0.2) is 16.5 Å². The first-order valence-corrected chi connectivity index (χ1v) is 5.76. The molecule has 3 heteroatoms. The summed E-state index contributed by atoms with van der Waals surface area (Å²) in [4.78, 5) is 10.8. The van der Waals surface area contributed by atoms with Crippen molar-refractivity contribution in [1.29, 1.82) is 0 Å². The Morgan fingerprint density at radius 3 is 2.00 bits per heavy atom. The summed E-state index contributed by atoms with van der Waals surface area (Å²) < 4.78 is 0. The van der Waals surface area contributed by atoms with Crippen molar-refractivity contribution in [2.24, 2.45) is 0 Å². The topological polar surface area (TPSA) is 57.5 Å². The fourth-order valence-electron chi connectivity index (χ4n) is 2.50. The first-order valence-electron chi connectivity index (χ1n) is 5.76. The molecule has 0 saturated heterocycles. The monoisotopic (exact) mass is 240 g/mol. The zero-order valence-electron chi connectivity index (χ0n) is 9.58. The highest BCUT2D eigenvalue weighted by atomic mass is 16.3. The van der Waals surface area contributed by atoms with E-state index in [4.69, 9.17) is 0 Å². The maximum absolute atomic E-state index is 10.8. The molecule has 90 valence electrons. The molecule has 1 aliphatic carbocycles. The fourth-order valence-corrected chi connectivity index (χ4v) is 2.50. The second-order valence-electron chi connectivity index (χ2n) is 4.44. The second kappa shape index (κ2) is 4.05. The normalized spacial score (nSPS) is 21.0. The number of rotatable bonds is 1. The molecule has 0 spiro atoms. The van der Waals surface area contributed by atoms with Gasteiger partial charge in [-0.2, -0.15) is 0 Å². The highest BCUT2D eigenvalue weighted by Crippen LogP contribution is 2.40. The van der Waals surface area contributed by atoms with Crippen LogP contribution in [0.4, 0.5) is 0 Å². The van der Waals surface area contributed by atoms with E-state index in [0.717, 1.165) is 11.8 Å². The molecule has 0 bridgehead atoms. The lowest BCUT2D eigenvalue weighted by atomic mass is 9.81. The molecule has 0 amide bonds. The third kappa shape index (κ3) is 1.49. The van der Waals surface area contributed by atoms with Crippen molar-refractivity contribution in [2.45, 2.75) is 12.2 Å². The molecule has 2 unspecified atom stereocenters. The Morgan fingerprint density at radius 2 is 1.39 bits per heavy atom. The Morgan fingerprint density at radius 1 is 0.833 bits per heavy atom. The van der Waals surface area contributed by atoms with Gasteiger partial charge in [-0.05, 0) is 28.3 Å². The maximum atomic E-state index is 10.8. The zero-order chi connectivity index (χ0) is 12.7. The van der Waals surface area contributed by atoms with Crippen LogP contribution in [0.25, 0.3) is 0 Å². The number of hydrogen-bond donors (Lipinski definition) is 2. The summed E-state index contributed by atoms with van der Waals surface area (Å²) in [5.41, 5.74) is 3.17. The van der Waals surface area contributed by atoms with Gasteiger partial charge in [0.25, 0.3) is 0 Å². The second-order valence-corrected chi connectivity index (χ2v) is 4.44. The van der Waals surface area contributed by atoms with Gasteiger partial charge in [-0.25, -0.2) is 0 Å². The van der Waals surface area contributed by atoms with Gasteiger partial charge in [-0.15, -0.1) is 0 Å².